The Kier molecular flexibility index (Phi) is 4.27. The van der Waals surface area contributed by atoms with Crippen molar-refractivity contribution >= 4 is 29.2 Å². The van der Waals surface area contributed by atoms with Gasteiger partial charge in [-0.3, -0.25) is 9.78 Å². The topological polar surface area (TPSA) is 48.5 Å². The molecule has 1 spiro atoms. The van der Waals surface area contributed by atoms with Gasteiger partial charge in [0.25, 0.3) is 0 Å². The molecule has 0 aliphatic carbocycles. The van der Waals surface area contributed by atoms with Crippen LogP contribution < -0.4 is 14.5 Å². The molecule has 1 amide bonds. The molecule has 4 heterocycles. The summed E-state index contributed by atoms with van der Waals surface area (Å²) in [6.45, 7) is 4.83. The molecule has 0 saturated carbocycles. The highest BCUT2D eigenvalue weighted by atomic mass is 32.2. The molecule has 1 aromatic carbocycles. The smallest absolute Gasteiger partial charge is 0.226 e. The minimum atomic E-state index is -0.132. The average Bonchev–Trinajstić information content (AvgIpc) is 3.25. The number of aromatic nitrogens is 1. The van der Waals surface area contributed by atoms with Gasteiger partial charge < -0.3 is 14.5 Å². The molecule has 1 N–H and O–H groups in total. The predicted octanol–water partition coefficient (Wildman–Crippen LogP) is 3.76. The summed E-state index contributed by atoms with van der Waals surface area (Å²) in [7, 11) is 2.12. The maximum absolute atomic E-state index is 12.3. The van der Waals surface area contributed by atoms with E-state index < -0.39 is 0 Å². The third-order valence-corrected chi connectivity index (χ3v) is 7.68. The van der Waals surface area contributed by atoms with Crippen molar-refractivity contribution in [2.24, 2.45) is 5.41 Å². The van der Waals surface area contributed by atoms with Crippen molar-refractivity contribution in [3.63, 3.8) is 0 Å². The second-order valence-corrected chi connectivity index (χ2v) is 9.33. The van der Waals surface area contributed by atoms with Gasteiger partial charge in [-0.25, -0.2) is 0 Å². The molecule has 146 valence electrons. The molecule has 28 heavy (non-hydrogen) atoms. The molecule has 2 fully saturated rings. The summed E-state index contributed by atoms with van der Waals surface area (Å²) in [5, 5.41) is 3.04. The van der Waals surface area contributed by atoms with Crippen molar-refractivity contribution in [3.8, 4) is 11.1 Å². The van der Waals surface area contributed by atoms with Crippen molar-refractivity contribution in [2.75, 3.05) is 35.9 Å². The Labute approximate surface area is 170 Å². The fourth-order valence-corrected chi connectivity index (χ4v) is 5.83. The lowest BCUT2D eigenvalue weighted by Crippen LogP contribution is -2.44. The Morgan fingerprint density at radius 1 is 1.18 bits per heavy atom. The van der Waals surface area contributed by atoms with Crippen LogP contribution in [0.3, 0.4) is 0 Å². The number of amides is 1. The summed E-state index contributed by atoms with van der Waals surface area (Å²) in [6, 6.07) is 6.77. The van der Waals surface area contributed by atoms with Crippen LogP contribution in [-0.2, 0) is 10.5 Å². The van der Waals surface area contributed by atoms with Crippen molar-refractivity contribution in [1.29, 1.82) is 0 Å². The normalized spacial score (nSPS) is 20.6. The van der Waals surface area contributed by atoms with E-state index in [9.17, 15) is 4.79 Å². The Hall–Kier alpha value is -2.21. The van der Waals surface area contributed by atoms with Crippen LogP contribution in [0.4, 0.5) is 11.4 Å². The first-order valence-electron chi connectivity index (χ1n) is 10.1. The number of hydrogen-bond donors (Lipinski definition) is 1. The second kappa shape index (κ2) is 6.69. The van der Waals surface area contributed by atoms with E-state index in [-0.39, 0.29) is 11.3 Å². The van der Waals surface area contributed by atoms with Gasteiger partial charge >= 0.3 is 0 Å². The third kappa shape index (κ3) is 2.77. The number of nitrogens with zero attached hydrogens (tertiary/aromatic N) is 3. The minimum absolute atomic E-state index is 0.132. The van der Waals surface area contributed by atoms with Gasteiger partial charge in [-0.15, -0.1) is 0 Å². The number of carbonyl (C=O) groups excluding carboxylic acids is 1. The Morgan fingerprint density at radius 3 is 2.75 bits per heavy atom. The van der Waals surface area contributed by atoms with Gasteiger partial charge in [0.1, 0.15) is 0 Å². The molecule has 1 aromatic heterocycles. The van der Waals surface area contributed by atoms with Crippen molar-refractivity contribution in [1.82, 2.24) is 10.3 Å². The molecule has 2 aromatic rings. The van der Waals surface area contributed by atoms with E-state index in [0.717, 1.165) is 44.6 Å². The quantitative estimate of drug-likeness (QED) is 0.786. The monoisotopic (exact) mass is 394 g/mol. The second-order valence-electron chi connectivity index (χ2n) is 8.24. The van der Waals surface area contributed by atoms with Crippen LogP contribution in [0, 0.1) is 12.3 Å². The van der Waals surface area contributed by atoms with E-state index in [1.807, 2.05) is 24.3 Å². The number of rotatable bonds is 2. The van der Waals surface area contributed by atoms with Gasteiger partial charge in [-0.05, 0) is 67.0 Å². The highest BCUT2D eigenvalue weighted by molar-refractivity contribution is 8.00. The molecule has 0 unspecified atom stereocenters. The Balaban J connectivity index is 1.48. The fraction of sp³-hybridized carbons (Fsp3) is 0.455. The lowest BCUT2D eigenvalue weighted by Gasteiger charge is -2.39. The molecule has 6 heteroatoms. The summed E-state index contributed by atoms with van der Waals surface area (Å²) in [6.07, 6.45) is 6.82. The lowest BCUT2D eigenvalue weighted by molar-refractivity contribution is -0.128. The maximum atomic E-state index is 12.3. The SMILES string of the molecule is Cc1cncc(-c2ccc3c(c2)CSN3C)c1N1CCC2(CCNC2=O)CC1. The molecule has 0 atom stereocenters. The zero-order valence-corrected chi connectivity index (χ0v) is 17.3. The van der Waals surface area contributed by atoms with Crippen LogP contribution in [0.1, 0.15) is 30.4 Å². The van der Waals surface area contributed by atoms with E-state index in [1.54, 1.807) is 0 Å². The first-order valence-corrected chi connectivity index (χ1v) is 11.0. The zero-order chi connectivity index (χ0) is 19.3. The lowest BCUT2D eigenvalue weighted by atomic mass is 9.77. The summed E-state index contributed by atoms with van der Waals surface area (Å²) < 4.78 is 2.24. The summed E-state index contributed by atoms with van der Waals surface area (Å²) in [4.78, 5) is 19.3. The van der Waals surface area contributed by atoms with Crippen molar-refractivity contribution in [3.05, 3.63) is 41.7 Å². The number of nitrogens with one attached hydrogen (secondary N) is 1. The Bertz CT molecular complexity index is 936. The zero-order valence-electron chi connectivity index (χ0n) is 16.5. The molecular formula is C22H26N4OS. The standard InChI is InChI=1S/C22H26N4OS/c1-15-12-23-13-18(16-3-4-19-17(11-16)14-28-25(19)2)20(15)26-9-6-22(7-10-26)5-8-24-21(22)27/h3-4,11-13H,5-10,14H2,1-2H3,(H,24,27). The molecule has 0 bridgehead atoms. The van der Waals surface area contributed by atoms with Gasteiger partial charge in [0.05, 0.1) is 16.8 Å². The number of carbonyl (C=O) groups is 1. The number of benzene rings is 1. The fourth-order valence-electron chi connectivity index (χ4n) is 4.95. The first-order chi connectivity index (χ1) is 13.6. The Morgan fingerprint density at radius 2 is 2.00 bits per heavy atom. The number of anilines is 2. The molecule has 5 nitrogen and oxygen atoms in total. The maximum Gasteiger partial charge on any atom is 0.226 e. The molecule has 3 aliphatic heterocycles. The predicted molar refractivity (Wildman–Crippen MR) is 116 cm³/mol. The van der Waals surface area contributed by atoms with Crippen LogP contribution in [0.15, 0.2) is 30.6 Å². The molecule has 5 rings (SSSR count). The molecule has 3 aliphatic rings. The van der Waals surface area contributed by atoms with Crippen LogP contribution >= 0.6 is 11.9 Å². The van der Waals surface area contributed by atoms with Gasteiger partial charge in [-0.1, -0.05) is 6.07 Å². The molecule has 2 saturated heterocycles. The largest absolute Gasteiger partial charge is 0.371 e. The van der Waals surface area contributed by atoms with E-state index in [0.29, 0.717) is 0 Å². The number of piperidine rings is 1. The van der Waals surface area contributed by atoms with Gasteiger partial charge in [0.15, 0.2) is 0 Å². The van der Waals surface area contributed by atoms with E-state index in [4.69, 9.17) is 0 Å². The van der Waals surface area contributed by atoms with Crippen LogP contribution in [0.2, 0.25) is 0 Å². The first kappa shape index (κ1) is 17.9. The van der Waals surface area contributed by atoms with Gasteiger partial charge in [0, 0.05) is 50.4 Å². The number of fused-ring (bicyclic) bond motifs is 1. The third-order valence-electron chi connectivity index (χ3n) is 6.65. The van der Waals surface area contributed by atoms with Crippen molar-refractivity contribution in [2.45, 2.75) is 31.9 Å². The van der Waals surface area contributed by atoms with E-state index in [2.05, 4.69) is 51.7 Å². The minimum Gasteiger partial charge on any atom is -0.371 e. The number of pyridine rings is 1. The van der Waals surface area contributed by atoms with Crippen molar-refractivity contribution < 1.29 is 4.79 Å². The number of hydrogen-bond acceptors (Lipinski definition) is 5. The molecular weight excluding hydrogens is 368 g/mol. The van der Waals surface area contributed by atoms with Crippen LogP contribution in [-0.4, -0.2) is 37.6 Å². The van der Waals surface area contributed by atoms with Gasteiger partial charge in [-0.2, -0.15) is 0 Å². The summed E-state index contributed by atoms with van der Waals surface area (Å²) in [5.41, 5.74) is 7.49. The highest BCUT2D eigenvalue weighted by Crippen LogP contribution is 2.44. The van der Waals surface area contributed by atoms with E-state index >= 15 is 0 Å². The van der Waals surface area contributed by atoms with E-state index in [1.165, 1.54) is 33.6 Å². The van der Waals surface area contributed by atoms with Crippen LogP contribution in [0.5, 0.6) is 0 Å². The average molecular weight is 395 g/mol. The highest BCUT2D eigenvalue weighted by Gasteiger charge is 2.44. The molecule has 0 radical (unpaired) electrons. The van der Waals surface area contributed by atoms with Crippen LogP contribution in [0.25, 0.3) is 11.1 Å². The number of aryl methyl sites for hydroxylation is 1. The van der Waals surface area contributed by atoms with Gasteiger partial charge in [0.2, 0.25) is 5.91 Å². The summed E-state index contributed by atoms with van der Waals surface area (Å²) >= 11 is 1.85. The summed E-state index contributed by atoms with van der Waals surface area (Å²) in [5.74, 6) is 1.29.